The fraction of sp³-hybridized carbons (Fsp3) is 0.115. The molecular formula is C26H22N2O4S. The number of hydrogen-bond acceptors (Lipinski definition) is 5. The molecule has 0 aromatic heterocycles. The first-order valence-corrected chi connectivity index (χ1v) is 10.8. The Morgan fingerprint density at radius 1 is 0.939 bits per heavy atom. The van der Waals surface area contributed by atoms with Crippen LogP contribution in [0.3, 0.4) is 0 Å². The number of amides is 2. The fourth-order valence-corrected chi connectivity index (χ4v) is 3.83. The van der Waals surface area contributed by atoms with Crippen molar-refractivity contribution in [2.24, 2.45) is 0 Å². The molecular weight excluding hydrogens is 436 g/mol. The largest absolute Gasteiger partial charge is 0.457 e. The average molecular weight is 459 g/mol. The molecule has 1 heterocycles. The summed E-state index contributed by atoms with van der Waals surface area (Å²) in [5.74, 6) is 0.0336. The van der Waals surface area contributed by atoms with Gasteiger partial charge in [-0.3, -0.25) is 19.8 Å². The molecule has 1 aliphatic rings. The first-order valence-electron chi connectivity index (χ1n) is 10.3. The Hall–Kier alpha value is -3.81. The third-order valence-electron chi connectivity index (χ3n) is 5.04. The van der Waals surface area contributed by atoms with Crippen LogP contribution in [0.5, 0.6) is 11.5 Å². The van der Waals surface area contributed by atoms with Crippen LogP contribution >= 0.6 is 12.2 Å². The molecule has 2 N–H and O–H groups in total. The molecule has 1 atom stereocenters. The van der Waals surface area contributed by atoms with Gasteiger partial charge in [-0.25, -0.2) is 0 Å². The highest BCUT2D eigenvalue weighted by atomic mass is 32.1. The molecule has 0 radical (unpaired) electrons. The van der Waals surface area contributed by atoms with Crippen LogP contribution in [0.25, 0.3) is 0 Å². The van der Waals surface area contributed by atoms with E-state index in [4.69, 9.17) is 17.0 Å². The lowest BCUT2D eigenvalue weighted by Crippen LogP contribution is -2.54. The van der Waals surface area contributed by atoms with Gasteiger partial charge in [0.15, 0.2) is 5.11 Å². The molecule has 0 spiro atoms. The van der Waals surface area contributed by atoms with Crippen LogP contribution in [0, 0.1) is 0 Å². The Labute approximate surface area is 197 Å². The van der Waals surface area contributed by atoms with Gasteiger partial charge in [-0.15, -0.1) is 0 Å². The Morgan fingerprint density at radius 2 is 1.52 bits per heavy atom. The second-order valence-corrected chi connectivity index (χ2v) is 8.27. The number of carbonyl (C=O) groups is 2. The van der Waals surface area contributed by atoms with E-state index in [-0.39, 0.29) is 17.1 Å². The number of carbonyl (C=O) groups excluding carboxylic acids is 2. The molecule has 0 aliphatic carbocycles. The smallest absolute Gasteiger partial charge is 0.270 e. The summed E-state index contributed by atoms with van der Waals surface area (Å²) < 4.78 is 5.78. The molecule has 2 amide bonds. The quantitative estimate of drug-likeness (QED) is 0.330. The minimum absolute atomic E-state index is 0.0263. The predicted molar refractivity (Wildman–Crippen MR) is 130 cm³/mol. The third kappa shape index (κ3) is 5.34. The van der Waals surface area contributed by atoms with Crippen LogP contribution in [0.2, 0.25) is 0 Å². The molecule has 3 aromatic carbocycles. The standard InChI is InChI=1S/C26H22N2O4S/c1-26(31,16-18-8-4-2-5-9-18)17-22-23(29)27-25(33)28(24(22)30)19-12-14-21(15-13-19)32-20-10-6-3-7-11-20/h2-15,17,31H,16H2,1H3,(H,27,29,33)/b22-17+. The SMILES string of the molecule is CC(O)(/C=C1\C(=O)NC(=S)N(c2ccc(Oc3ccccc3)cc2)C1=O)Cc1ccccc1. The third-order valence-corrected chi connectivity index (χ3v) is 5.32. The maximum Gasteiger partial charge on any atom is 0.270 e. The molecule has 1 fully saturated rings. The zero-order valence-corrected chi connectivity index (χ0v) is 18.7. The lowest BCUT2D eigenvalue weighted by atomic mass is 9.93. The minimum atomic E-state index is -1.41. The Morgan fingerprint density at radius 3 is 2.15 bits per heavy atom. The monoisotopic (exact) mass is 458 g/mol. The maximum absolute atomic E-state index is 13.2. The molecule has 166 valence electrons. The summed E-state index contributed by atoms with van der Waals surface area (Å²) >= 11 is 5.25. The molecule has 6 nitrogen and oxygen atoms in total. The number of hydrogen-bond donors (Lipinski definition) is 2. The molecule has 33 heavy (non-hydrogen) atoms. The summed E-state index contributed by atoms with van der Waals surface area (Å²) in [4.78, 5) is 27.0. The highest BCUT2D eigenvalue weighted by Crippen LogP contribution is 2.27. The molecule has 4 rings (SSSR count). The van der Waals surface area contributed by atoms with E-state index >= 15 is 0 Å². The number of para-hydroxylation sites is 1. The first kappa shape index (κ1) is 22.4. The van der Waals surface area contributed by atoms with Crippen molar-refractivity contribution in [3.63, 3.8) is 0 Å². The van der Waals surface area contributed by atoms with Gasteiger partial charge in [0.2, 0.25) is 0 Å². The lowest BCUT2D eigenvalue weighted by Gasteiger charge is -2.30. The van der Waals surface area contributed by atoms with Gasteiger partial charge >= 0.3 is 0 Å². The summed E-state index contributed by atoms with van der Waals surface area (Å²) in [5, 5.41) is 13.4. The van der Waals surface area contributed by atoms with Gasteiger partial charge in [-0.2, -0.15) is 0 Å². The topological polar surface area (TPSA) is 78.9 Å². The van der Waals surface area contributed by atoms with E-state index in [1.165, 1.54) is 11.0 Å². The molecule has 1 saturated heterocycles. The van der Waals surface area contributed by atoms with Gasteiger partial charge in [0.25, 0.3) is 11.8 Å². The van der Waals surface area contributed by atoms with Crippen LogP contribution < -0.4 is 15.0 Å². The van der Waals surface area contributed by atoms with Crippen LogP contribution in [0.4, 0.5) is 5.69 Å². The van der Waals surface area contributed by atoms with Gasteiger partial charge in [-0.1, -0.05) is 48.5 Å². The molecule has 1 unspecified atom stereocenters. The number of benzene rings is 3. The number of nitrogens with one attached hydrogen (secondary N) is 1. The molecule has 3 aromatic rings. The van der Waals surface area contributed by atoms with Crippen molar-refractivity contribution in [3.05, 3.63) is 102 Å². The lowest BCUT2D eigenvalue weighted by molar-refractivity contribution is -0.122. The maximum atomic E-state index is 13.2. The van der Waals surface area contributed by atoms with E-state index in [0.29, 0.717) is 17.2 Å². The first-order chi connectivity index (χ1) is 15.8. The zero-order chi connectivity index (χ0) is 23.4. The fourth-order valence-electron chi connectivity index (χ4n) is 3.55. The minimum Gasteiger partial charge on any atom is -0.457 e. The molecule has 0 bridgehead atoms. The summed E-state index contributed by atoms with van der Waals surface area (Å²) in [5.41, 5.74) is -0.237. The number of aliphatic hydroxyl groups is 1. The molecule has 1 aliphatic heterocycles. The van der Waals surface area contributed by atoms with Gasteiger partial charge in [0, 0.05) is 6.42 Å². The van der Waals surface area contributed by atoms with Crippen molar-refractivity contribution in [2.45, 2.75) is 18.9 Å². The number of thiocarbonyl (C=S) groups is 1. The van der Waals surface area contributed by atoms with Crippen LogP contribution in [-0.4, -0.2) is 27.6 Å². The Kier molecular flexibility index (Phi) is 6.35. The summed E-state index contributed by atoms with van der Waals surface area (Å²) in [6.45, 7) is 1.56. The van der Waals surface area contributed by atoms with Gasteiger partial charge in [0.1, 0.15) is 17.1 Å². The number of rotatable bonds is 6. The summed E-state index contributed by atoms with van der Waals surface area (Å²) in [6, 6.07) is 25.5. The predicted octanol–water partition coefficient (Wildman–Crippen LogP) is 4.15. The van der Waals surface area contributed by atoms with Crippen LogP contribution in [0.15, 0.2) is 96.6 Å². The normalized spacial score (nSPS) is 17.0. The van der Waals surface area contributed by atoms with Gasteiger partial charge < -0.3 is 9.84 Å². The Bertz CT molecular complexity index is 1210. The van der Waals surface area contributed by atoms with E-state index in [1.54, 1.807) is 31.2 Å². The zero-order valence-electron chi connectivity index (χ0n) is 17.9. The second-order valence-electron chi connectivity index (χ2n) is 7.89. The van der Waals surface area contributed by atoms with E-state index in [1.807, 2.05) is 60.7 Å². The molecule has 0 saturated carbocycles. The van der Waals surface area contributed by atoms with E-state index < -0.39 is 17.4 Å². The summed E-state index contributed by atoms with van der Waals surface area (Å²) in [7, 11) is 0. The number of ether oxygens (including phenoxy) is 1. The van der Waals surface area contributed by atoms with E-state index in [0.717, 1.165) is 5.56 Å². The van der Waals surface area contributed by atoms with Crippen molar-refractivity contribution in [1.82, 2.24) is 5.32 Å². The second kappa shape index (κ2) is 9.36. The van der Waals surface area contributed by atoms with Crippen molar-refractivity contribution in [1.29, 1.82) is 0 Å². The molecule has 7 heteroatoms. The van der Waals surface area contributed by atoms with E-state index in [2.05, 4.69) is 5.32 Å². The Balaban J connectivity index is 1.56. The van der Waals surface area contributed by atoms with Crippen molar-refractivity contribution in [3.8, 4) is 11.5 Å². The highest BCUT2D eigenvalue weighted by molar-refractivity contribution is 7.80. The van der Waals surface area contributed by atoms with Crippen molar-refractivity contribution >= 4 is 34.8 Å². The van der Waals surface area contributed by atoms with Crippen LogP contribution in [-0.2, 0) is 16.0 Å². The summed E-state index contributed by atoms with van der Waals surface area (Å²) in [6.07, 6.45) is 1.53. The number of nitrogens with zero attached hydrogens (tertiary/aromatic N) is 1. The average Bonchev–Trinajstić information content (AvgIpc) is 2.79. The van der Waals surface area contributed by atoms with Gasteiger partial charge in [0.05, 0.1) is 11.3 Å². The van der Waals surface area contributed by atoms with Crippen molar-refractivity contribution < 1.29 is 19.4 Å². The van der Waals surface area contributed by atoms with Crippen LogP contribution in [0.1, 0.15) is 12.5 Å². The van der Waals surface area contributed by atoms with Crippen molar-refractivity contribution in [2.75, 3.05) is 4.90 Å². The van der Waals surface area contributed by atoms with Gasteiger partial charge in [-0.05, 0) is 67.2 Å². The highest BCUT2D eigenvalue weighted by Gasteiger charge is 2.36. The van der Waals surface area contributed by atoms with E-state index in [9.17, 15) is 14.7 Å². The number of anilines is 1.